The highest BCUT2D eigenvalue weighted by Gasteiger charge is 2.24. The first-order chi connectivity index (χ1) is 9.40. The lowest BCUT2D eigenvalue weighted by Gasteiger charge is -2.35. The third-order valence-electron chi connectivity index (χ3n) is 5.67. The van der Waals surface area contributed by atoms with E-state index in [1.807, 2.05) is 0 Å². The van der Waals surface area contributed by atoms with Crippen molar-refractivity contribution in [3.05, 3.63) is 0 Å². The predicted octanol–water partition coefficient (Wildman–Crippen LogP) is 3.42. The van der Waals surface area contributed by atoms with Crippen molar-refractivity contribution < 1.29 is 0 Å². The van der Waals surface area contributed by atoms with Crippen molar-refractivity contribution in [1.82, 2.24) is 10.2 Å². The smallest absolute Gasteiger partial charge is 0.0195 e. The van der Waals surface area contributed by atoms with Crippen LogP contribution in [0.5, 0.6) is 0 Å². The Morgan fingerprint density at radius 1 is 0.789 bits per heavy atom. The lowest BCUT2D eigenvalue weighted by atomic mass is 10.0. The summed E-state index contributed by atoms with van der Waals surface area (Å²) < 4.78 is 0. The normalized spacial score (nSPS) is 31.3. The van der Waals surface area contributed by atoms with E-state index in [1.165, 1.54) is 90.4 Å². The van der Waals surface area contributed by atoms with Gasteiger partial charge in [0.15, 0.2) is 0 Å². The fourth-order valence-corrected chi connectivity index (χ4v) is 4.49. The second-order valence-corrected chi connectivity index (χ2v) is 7.31. The second-order valence-electron chi connectivity index (χ2n) is 7.31. The van der Waals surface area contributed by atoms with Gasteiger partial charge in [0, 0.05) is 19.1 Å². The summed E-state index contributed by atoms with van der Waals surface area (Å²) in [5.74, 6) is 2.01. The van der Waals surface area contributed by atoms with Crippen LogP contribution in [0.1, 0.15) is 64.2 Å². The van der Waals surface area contributed by atoms with Crippen LogP contribution in [0, 0.1) is 11.8 Å². The lowest BCUT2D eigenvalue weighted by Crippen LogP contribution is -2.47. The molecule has 0 bridgehead atoms. The highest BCUT2D eigenvalue weighted by atomic mass is 15.2. The zero-order valence-electron chi connectivity index (χ0n) is 12.6. The van der Waals surface area contributed by atoms with Gasteiger partial charge in [-0.25, -0.2) is 0 Å². The molecule has 1 atom stereocenters. The van der Waals surface area contributed by atoms with Crippen LogP contribution in [0.2, 0.25) is 0 Å². The number of hydrogen-bond acceptors (Lipinski definition) is 2. The Morgan fingerprint density at radius 3 is 2.21 bits per heavy atom. The summed E-state index contributed by atoms with van der Waals surface area (Å²) >= 11 is 0. The van der Waals surface area contributed by atoms with Gasteiger partial charge in [-0.3, -0.25) is 0 Å². The van der Waals surface area contributed by atoms with Crippen LogP contribution in [0.25, 0.3) is 0 Å². The highest BCUT2D eigenvalue weighted by Crippen LogP contribution is 2.27. The molecule has 0 aromatic rings. The van der Waals surface area contributed by atoms with Crippen molar-refractivity contribution in [2.24, 2.45) is 11.8 Å². The second kappa shape index (κ2) is 7.08. The average Bonchev–Trinajstić information content (AvgIpc) is 3.10. The monoisotopic (exact) mass is 264 g/mol. The van der Waals surface area contributed by atoms with Gasteiger partial charge >= 0.3 is 0 Å². The summed E-state index contributed by atoms with van der Waals surface area (Å²) in [5, 5.41) is 3.88. The van der Waals surface area contributed by atoms with Gasteiger partial charge in [-0.05, 0) is 63.5 Å². The number of likely N-dealkylation sites (tertiary alicyclic amines) is 1. The Balaban J connectivity index is 1.37. The van der Waals surface area contributed by atoms with Gasteiger partial charge in [-0.15, -0.1) is 0 Å². The Kier molecular flexibility index (Phi) is 5.17. The van der Waals surface area contributed by atoms with Gasteiger partial charge in [-0.1, -0.05) is 25.7 Å². The maximum absolute atomic E-state index is 3.88. The van der Waals surface area contributed by atoms with Gasteiger partial charge in [0.1, 0.15) is 0 Å². The third kappa shape index (κ3) is 4.19. The van der Waals surface area contributed by atoms with Crippen LogP contribution in [-0.2, 0) is 0 Å². The maximum atomic E-state index is 3.88. The summed E-state index contributed by atoms with van der Waals surface area (Å²) in [7, 11) is 0. The van der Waals surface area contributed by atoms with Crippen molar-refractivity contribution in [3.63, 3.8) is 0 Å². The number of piperidine rings is 1. The third-order valence-corrected chi connectivity index (χ3v) is 5.67. The Bertz CT molecular complexity index is 254. The summed E-state index contributed by atoms with van der Waals surface area (Å²) in [6, 6.07) is 0.788. The molecule has 2 heteroatoms. The van der Waals surface area contributed by atoms with E-state index in [0.29, 0.717) is 0 Å². The molecule has 1 heterocycles. The van der Waals surface area contributed by atoms with Crippen LogP contribution in [0.4, 0.5) is 0 Å². The molecular formula is C17H32N2. The minimum atomic E-state index is 0.788. The summed E-state index contributed by atoms with van der Waals surface area (Å²) in [4.78, 5) is 2.76. The molecule has 0 aromatic heterocycles. The minimum absolute atomic E-state index is 0.788. The fraction of sp³-hybridized carbons (Fsp3) is 1.00. The molecule has 2 saturated carbocycles. The summed E-state index contributed by atoms with van der Waals surface area (Å²) in [6.07, 6.45) is 14.7. The van der Waals surface area contributed by atoms with Crippen molar-refractivity contribution in [2.45, 2.75) is 70.3 Å². The molecule has 1 aliphatic heterocycles. The standard InChI is InChI=1S/C17H32N2/c1-2-7-15(6-1)12-18-17-10-5-11-19(14-17)13-16-8-3-4-9-16/h15-18H,1-14H2. The van der Waals surface area contributed by atoms with Gasteiger partial charge in [-0.2, -0.15) is 0 Å². The number of nitrogens with one attached hydrogen (secondary N) is 1. The van der Waals surface area contributed by atoms with E-state index in [9.17, 15) is 0 Å². The van der Waals surface area contributed by atoms with Crippen molar-refractivity contribution >= 4 is 0 Å². The first-order valence-corrected chi connectivity index (χ1v) is 8.86. The number of nitrogens with zero attached hydrogens (tertiary/aromatic N) is 1. The van der Waals surface area contributed by atoms with Gasteiger partial charge < -0.3 is 10.2 Å². The van der Waals surface area contributed by atoms with E-state index in [2.05, 4.69) is 10.2 Å². The van der Waals surface area contributed by atoms with E-state index < -0.39 is 0 Å². The van der Waals surface area contributed by atoms with Crippen LogP contribution in [0.15, 0.2) is 0 Å². The number of rotatable bonds is 5. The van der Waals surface area contributed by atoms with Crippen molar-refractivity contribution in [3.8, 4) is 0 Å². The summed E-state index contributed by atoms with van der Waals surface area (Å²) in [6.45, 7) is 5.37. The van der Waals surface area contributed by atoms with E-state index in [4.69, 9.17) is 0 Å². The predicted molar refractivity (Wildman–Crippen MR) is 81.4 cm³/mol. The molecule has 1 N–H and O–H groups in total. The van der Waals surface area contributed by atoms with Crippen LogP contribution in [0.3, 0.4) is 0 Å². The first-order valence-electron chi connectivity index (χ1n) is 8.86. The molecule has 1 saturated heterocycles. The Labute approximate surface area is 119 Å². The highest BCUT2D eigenvalue weighted by molar-refractivity contribution is 4.82. The average molecular weight is 264 g/mol. The van der Waals surface area contributed by atoms with Gasteiger partial charge in [0.2, 0.25) is 0 Å². The van der Waals surface area contributed by atoms with Crippen LogP contribution >= 0.6 is 0 Å². The molecule has 1 unspecified atom stereocenters. The molecular weight excluding hydrogens is 232 g/mol. The molecule has 0 aromatic carbocycles. The van der Waals surface area contributed by atoms with E-state index in [-0.39, 0.29) is 0 Å². The molecule has 110 valence electrons. The largest absolute Gasteiger partial charge is 0.312 e. The van der Waals surface area contributed by atoms with E-state index in [1.54, 1.807) is 0 Å². The van der Waals surface area contributed by atoms with Gasteiger partial charge in [0.25, 0.3) is 0 Å². The zero-order valence-corrected chi connectivity index (χ0v) is 12.6. The molecule has 19 heavy (non-hydrogen) atoms. The molecule has 2 aliphatic carbocycles. The Morgan fingerprint density at radius 2 is 1.47 bits per heavy atom. The fourth-order valence-electron chi connectivity index (χ4n) is 4.49. The van der Waals surface area contributed by atoms with Crippen molar-refractivity contribution in [2.75, 3.05) is 26.2 Å². The molecule has 0 spiro atoms. The zero-order chi connectivity index (χ0) is 12.9. The van der Waals surface area contributed by atoms with Crippen LogP contribution < -0.4 is 5.32 Å². The SMILES string of the molecule is C1CCC(CNC2CCCN(CC3CCCC3)C2)C1. The molecule has 0 radical (unpaired) electrons. The molecule has 3 aliphatic rings. The van der Waals surface area contributed by atoms with E-state index >= 15 is 0 Å². The topological polar surface area (TPSA) is 15.3 Å². The first kappa shape index (κ1) is 13.9. The Hall–Kier alpha value is -0.0800. The summed E-state index contributed by atoms with van der Waals surface area (Å²) in [5.41, 5.74) is 0. The van der Waals surface area contributed by atoms with E-state index in [0.717, 1.165) is 17.9 Å². The van der Waals surface area contributed by atoms with Crippen molar-refractivity contribution in [1.29, 1.82) is 0 Å². The molecule has 3 rings (SSSR count). The minimum Gasteiger partial charge on any atom is -0.312 e. The molecule has 0 amide bonds. The molecule has 2 nitrogen and oxygen atoms in total. The van der Waals surface area contributed by atoms with Crippen LogP contribution in [-0.4, -0.2) is 37.1 Å². The maximum Gasteiger partial charge on any atom is 0.0195 e. The number of hydrogen-bond donors (Lipinski definition) is 1. The lowest BCUT2D eigenvalue weighted by molar-refractivity contribution is 0.164. The molecule has 3 fully saturated rings. The quantitative estimate of drug-likeness (QED) is 0.818. The van der Waals surface area contributed by atoms with Gasteiger partial charge in [0.05, 0.1) is 0 Å².